The fraction of sp³-hybridized carbons (Fsp3) is 0.588. The van der Waals surface area contributed by atoms with E-state index in [2.05, 4.69) is 0 Å². The molecule has 0 bridgehead atoms. The molecule has 2 heterocycles. The van der Waals surface area contributed by atoms with Gasteiger partial charge in [0.1, 0.15) is 0 Å². The van der Waals surface area contributed by atoms with Crippen molar-refractivity contribution < 1.29 is 13.2 Å². The molecule has 132 valence electrons. The molecule has 2 N–H and O–H groups in total. The Morgan fingerprint density at radius 3 is 2.38 bits per heavy atom. The third-order valence-electron chi connectivity index (χ3n) is 4.86. The number of carbonyl (C=O) groups excluding carboxylic acids is 1. The van der Waals surface area contributed by atoms with Crippen LogP contribution in [-0.4, -0.2) is 55.8 Å². The highest BCUT2D eigenvalue weighted by Gasteiger charge is 2.27. The number of benzene rings is 1. The summed E-state index contributed by atoms with van der Waals surface area (Å²) >= 11 is 0. The zero-order chi connectivity index (χ0) is 17.2. The van der Waals surface area contributed by atoms with E-state index >= 15 is 0 Å². The van der Waals surface area contributed by atoms with Gasteiger partial charge in [-0.15, -0.1) is 0 Å². The fourth-order valence-corrected chi connectivity index (χ4v) is 4.89. The first kappa shape index (κ1) is 17.4. The van der Waals surface area contributed by atoms with E-state index in [1.54, 1.807) is 23.1 Å². The van der Waals surface area contributed by atoms with Crippen LogP contribution in [0.3, 0.4) is 0 Å². The zero-order valence-corrected chi connectivity index (χ0v) is 14.7. The van der Waals surface area contributed by atoms with Gasteiger partial charge in [-0.1, -0.05) is 12.5 Å². The lowest BCUT2D eigenvalue weighted by atomic mass is 10.0. The third kappa shape index (κ3) is 3.63. The predicted octanol–water partition coefficient (Wildman–Crippen LogP) is 1.42. The van der Waals surface area contributed by atoms with Crippen LogP contribution < -0.4 is 5.73 Å². The Morgan fingerprint density at radius 2 is 1.71 bits per heavy atom. The van der Waals surface area contributed by atoms with Crippen LogP contribution in [0.4, 0.5) is 0 Å². The molecule has 2 aliphatic rings. The molecule has 0 unspecified atom stereocenters. The molecule has 0 aliphatic carbocycles. The molecule has 24 heavy (non-hydrogen) atoms. The summed E-state index contributed by atoms with van der Waals surface area (Å²) in [6.45, 7) is 2.38. The molecule has 1 aromatic rings. The Labute approximate surface area is 143 Å². The lowest BCUT2D eigenvalue weighted by Crippen LogP contribution is -2.42. The van der Waals surface area contributed by atoms with E-state index in [1.165, 1.54) is 10.4 Å². The summed E-state index contributed by atoms with van der Waals surface area (Å²) in [5, 5.41) is 0. The molecule has 7 heteroatoms. The van der Waals surface area contributed by atoms with Crippen LogP contribution in [0.15, 0.2) is 29.2 Å². The third-order valence-corrected chi connectivity index (χ3v) is 6.76. The van der Waals surface area contributed by atoms with Gasteiger partial charge in [-0.05, 0) is 43.9 Å². The van der Waals surface area contributed by atoms with Crippen molar-refractivity contribution in [2.45, 2.75) is 43.0 Å². The van der Waals surface area contributed by atoms with Crippen LogP contribution >= 0.6 is 0 Å². The van der Waals surface area contributed by atoms with E-state index in [1.807, 2.05) is 0 Å². The fourth-order valence-electron chi connectivity index (χ4n) is 3.33. The van der Waals surface area contributed by atoms with E-state index in [-0.39, 0.29) is 16.8 Å². The van der Waals surface area contributed by atoms with Gasteiger partial charge >= 0.3 is 0 Å². The standard InChI is InChI=1S/C17H25N3O3S/c18-15-7-11-19(12-8-15)17(21)14-5-4-6-16(13-14)24(22,23)20-9-2-1-3-10-20/h4-6,13,15H,1-3,7-12,18H2. The number of hydrogen-bond acceptors (Lipinski definition) is 4. The Bertz CT molecular complexity index is 691. The van der Waals surface area contributed by atoms with Gasteiger partial charge in [-0.2, -0.15) is 4.31 Å². The maximum absolute atomic E-state index is 12.8. The number of nitrogens with zero attached hydrogens (tertiary/aromatic N) is 2. The zero-order valence-electron chi connectivity index (χ0n) is 13.9. The average Bonchev–Trinajstić information content (AvgIpc) is 2.62. The Hall–Kier alpha value is -1.44. The van der Waals surface area contributed by atoms with Gasteiger partial charge in [-0.25, -0.2) is 8.42 Å². The number of rotatable bonds is 3. The number of nitrogens with two attached hydrogens (primary N) is 1. The van der Waals surface area contributed by atoms with Crippen molar-refractivity contribution in [3.05, 3.63) is 29.8 Å². The monoisotopic (exact) mass is 351 g/mol. The van der Waals surface area contributed by atoms with E-state index in [0.29, 0.717) is 31.7 Å². The van der Waals surface area contributed by atoms with Crippen molar-refractivity contribution >= 4 is 15.9 Å². The summed E-state index contributed by atoms with van der Waals surface area (Å²) in [6.07, 6.45) is 4.44. The van der Waals surface area contributed by atoms with Gasteiger partial charge in [0.15, 0.2) is 0 Å². The van der Waals surface area contributed by atoms with Crippen LogP contribution in [0.25, 0.3) is 0 Å². The lowest BCUT2D eigenvalue weighted by Gasteiger charge is -2.30. The van der Waals surface area contributed by atoms with E-state index in [9.17, 15) is 13.2 Å². The normalized spacial score (nSPS) is 21.0. The van der Waals surface area contributed by atoms with Gasteiger partial charge in [0.2, 0.25) is 10.0 Å². The molecule has 6 nitrogen and oxygen atoms in total. The molecular formula is C17H25N3O3S. The number of piperidine rings is 2. The summed E-state index contributed by atoms with van der Waals surface area (Å²) in [5.74, 6) is -0.113. The average molecular weight is 351 g/mol. The number of amides is 1. The number of likely N-dealkylation sites (tertiary alicyclic amines) is 1. The van der Waals surface area contributed by atoms with Crippen molar-refractivity contribution in [3.8, 4) is 0 Å². The maximum atomic E-state index is 12.8. The quantitative estimate of drug-likeness (QED) is 0.893. The first-order chi connectivity index (χ1) is 11.5. The highest BCUT2D eigenvalue weighted by atomic mass is 32.2. The molecule has 0 spiro atoms. The van der Waals surface area contributed by atoms with Crippen molar-refractivity contribution in [1.82, 2.24) is 9.21 Å². The number of hydrogen-bond donors (Lipinski definition) is 1. The molecule has 2 fully saturated rings. The number of carbonyl (C=O) groups is 1. The van der Waals surface area contributed by atoms with Gasteiger partial charge in [0, 0.05) is 37.8 Å². The van der Waals surface area contributed by atoms with Gasteiger partial charge in [0.05, 0.1) is 4.90 Å². The minimum atomic E-state index is -3.51. The highest BCUT2D eigenvalue weighted by molar-refractivity contribution is 7.89. The summed E-state index contributed by atoms with van der Waals surface area (Å²) < 4.78 is 27.1. The minimum Gasteiger partial charge on any atom is -0.339 e. The van der Waals surface area contributed by atoms with Crippen LogP contribution in [0, 0.1) is 0 Å². The molecule has 0 saturated carbocycles. The minimum absolute atomic E-state index is 0.113. The molecule has 0 atom stereocenters. The second-order valence-corrected chi connectivity index (χ2v) is 8.56. The topological polar surface area (TPSA) is 83.7 Å². The largest absolute Gasteiger partial charge is 0.339 e. The van der Waals surface area contributed by atoms with Crippen molar-refractivity contribution in [2.75, 3.05) is 26.2 Å². The Kier molecular flexibility index (Phi) is 5.22. The molecule has 3 rings (SSSR count). The molecule has 1 amide bonds. The van der Waals surface area contributed by atoms with Crippen LogP contribution in [-0.2, 0) is 10.0 Å². The second-order valence-electron chi connectivity index (χ2n) is 6.62. The summed E-state index contributed by atoms with van der Waals surface area (Å²) in [6, 6.07) is 6.58. The lowest BCUT2D eigenvalue weighted by molar-refractivity contribution is 0.0714. The first-order valence-electron chi connectivity index (χ1n) is 8.63. The van der Waals surface area contributed by atoms with Gasteiger partial charge in [-0.3, -0.25) is 4.79 Å². The molecule has 0 aromatic heterocycles. The first-order valence-corrected chi connectivity index (χ1v) is 10.1. The second kappa shape index (κ2) is 7.21. The Balaban J connectivity index is 1.79. The van der Waals surface area contributed by atoms with Crippen LogP contribution in [0.2, 0.25) is 0 Å². The van der Waals surface area contributed by atoms with E-state index in [4.69, 9.17) is 5.73 Å². The predicted molar refractivity (Wildman–Crippen MR) is 92.2 cm³/mol. The Morgan fingerprint density at radius 1 is 1.04 bits per heavy atom. The summed E-state index contributed by atoms with van der Waals surface area (Å²) in [4.78, 5) is 14.6. The molecule has 2 saturated heterocycles. The van der Waals surface area contributed by atoms with Gasteiger partial charge < -0.3 is 10.6 Å². The molecular weight excluding hydrogens is 326 g/mol. The highest BCUT2D eigenvalue weighted by Crippen LogP contribution is 2.22. The summed E-state index contributed by atoms with van der Waals surface area (Å²) in [7, 11) is -3.51. The van der Waals surface area contributed by atoms with Crippen LogP contribution in [0.1, 0.15) is 42.5 Å². The van der Waals surface area contributed by atoms with Crippen molar-refractivity contribution in [1.29, 1.82) is 0 Å². The van der Waals surface area contributed by atoms with Crippen molar-refractivity contribution in [2.24, 2.45) is 5.73 Å². The summed E-state index contributed by atoms with van der Waals surface area (Å²) in [5.41, 5.74) is 6.31. The molecule has 2 aliphatic heterocycles. The van der Waals surface area contributed by atoms with Gasteiger partial charge in [0.25, 0.3) is 5.91 Å². The number of sulfonamides is 1. The smallest absolute Gasteiger partial charge is 0.253 e. The van der Waals surface area contributed by atoms with Crippen molar-refractivity contribution in [3.63, 3.8) is 0 Å². The van der Waals surface area contributed by atoms with Crippen LogP contribution in [0.5, 0.6) is 0 Å². The SMILES string of the molecule is NC1CCN(C(=O)c2cccc(S(=O)(=O)N3CCCCC3)c2)CC1. The van der Waals surface area contributed by atoms with E-state index in [0.717, 1.165) is 32.1 Å². The molecule has 1 aromatic carbocycles. The molecule has 0 radical (unpaired) electrons. The van der Waals surface area contributed by atoms with E-state index < -0.39 is 10.0 Å². The maximum Gasteiger partial charge on any atom is 0.253 e.